The summed E-state index contributed by atoms with van der Waals surface area (Å²) in [6.07, 6.45) is -4.68. The lowest BCUT2D eigenvalue weighted by atomic mass is 10.1. The Balaban J connectivity index is 2.45. The molecular formula is C13H9F3N2O2. The van der Waals surface area contributed by atoms with Crippen molar-refractivity contribution in [3.63, 3.8) is 0 Å². The maximum absolute atomic E-state index is 12.9. The molecule has 0 heterocycles. The summed E-state index contributed by atoms with van der Waals surface area (Å²) in [5, 5.41) is 13.2. The molecule has 2 rings (SSSR count). The molecule has 0 radical (unpaired) electrons. The Morgan fingerprint density at radius 3 is 2.25 bits per heavy atom. The van der Waals surface area contributed by atoms with Gasteiger partial charge in [0.2, 0.25) is 0 Å². The van der Waals surface area contributed by atoms with Crippen LogP contribution in [0.15, 0.2) is 48.5 Å². The van der Waals surface area contributed by atoms with Crippen molar-refractivity contribution < 1.29 is 18.1 Å². The topological polar surface area (TPSA) is 55.2 Å². The summed E-state index contributed by atoms with van der Waals surface area (Å²) in [4.78, 5) is 9.71. The van der Waals surface area contributed by atoms with Crippen molar-refractivity contribution in [2.24, 2.45) is 0 Å². The molecule has 0 aliphatic carbocycles. The predicted molar refractivity (Wildman–Crippen MR) is 67.8 cm³/mol. The standard InChI is InChI=1S/C13H9F3N2O2/c14-13(15,16)11-8-10(18(19)20)6-7-12(11)17-9-4-2-1-3-5-9/h1-8,17H. The van der Waals surface area contributed by atoms with Gasteiger partial charge in [-0.1, -0.05) is 18.2 Å². The third-order valence-electron chi connectivity index (χ3n) is 2.57. The lowest BCUT2D eigenvalue weighted by Crippen LogP contribution is -2.09. The zero-order valence-electron chi connectivity index (χ0n) is 10.0. The van der Waals surface area contributed by atoms with Gasteiger partial charge in [0.1, 0.15) is 0 Å². The normalized spacial score (nSPS) is 11.2. The second-order valence-electron chi connectivity index (χ2n) is 3.98. The van der Waals surface area contributed by atoms with Crippen LogP contribution in [-0.2, 0) is 6.18 Å². The minimum absolute atomic E-state index is 0.227. The first-order chi connectivity index (χ1) is 9.38. The molecule has 0 aliphatic heterocycles. The monoisotopic (exact) mass is 282 g/mol. The number of benzene rings is 2. The Morgan fingerprint density at radius 2 is 1.70 bits per heavy atom. The Bertz CT molecular complexity index is 627. The van der Waals surface area contributed by atoms with Gasteiger partial charge >= 0.3 is 6.18 Å². The molecule has 0 unspecified atom stereocenters. The summed E-state index contributed by atoms with van der Waals surface area (Å²) in [5.74, 6) is 0. The molecule has 0 atom stereocenters. The summed E-state index contributed by atoms with van der Waals surface area (Å²) >= 11 is 0. The Morgan fingerprint density at radius 1 is 1.05 bits per heavy atom. The summed E-state index contributed by atoms with van der Waals surface area (Å²) in [6.45, 7) is 0. The number of rotatable bonds is 3. The van der Waals surface area contributed by atoms with E-state index in [0.29, 0.717) is 11.8 Å². The van der Waals surface area contributed by atoms with Gasteiger partial charge < -0.3 is 5.32 Å². The molecule has 2 aromatic rings. The number of nitrogens with zero attached hydrogens (tertiary/aromatic N) is 1. The fraction of sp³-hybridized carbons (Fsp3) is 0.0769. The summed E-state index contributed by atoms with van der Waals surface area (Å²) in [5.41, 5.74) is -1.44. The molecule has 0 aromatic heterocycles. The van der Waals surface area contributed by atoms with Crippen LogP contribution >= 0.6 is 0 Å². The zero-order valence-corrected chi connectivity index (χ0v) is 10.0. The lowest BCUT2D eigenvalue weighted by Gasteiger charge is -2.14. The van der Waals surface area contributed by atoms with Crippen LogP contribution < -0.4 is 5.32 Å². The molecule has 0 fully saturated rings. The largest absolute Gasteiger partial charge is 0.418 e. The highest BCUT2D eigenvalue weighted by Crippen LogP contribution is 2.38. The molecular weight excluding hydrogens is 273 g/mol. The van der Waals surface area contributed by atoms with Gasteiger partial charge in [0.05, 0.1) is 16.2 Å². The fourth-order valence-corrected chi connectivity index (χ4v) is 1.67. The molecule has 20 heavy (non-hydrogen) atoms. The van der Waals surface area contributed by atoms with E-state index in [0.717, 1.165) is 12.1 Å². The number of hydrogen-bond acceptors (Lipinski definition) is 3. The molecule has 0 saturated heterocycles. The summed E-state index contributed by atoms with van der Waals surface area (Å²) in [7, 11) is 0. The van der Waals surface area contributed by atoms with E-state index in [2.05, 4.69) is 5.32 Å². The van der Waals surface area contributed by atoms with Gasteiger partial charge in [-0.3, -0.25) is 10.1 Å². The predicted octanol–water partition coefficient (Wildman–Crippen LogP) is 4.36. The first-order valence-electron chi connectivity index (χ1n) is 5.55. The smallest absolute Gasteiger partial charge is 0.355 e. The van der Waals surface area contributed by atoms with Gasteiger partial charge in [-0.25, -0.2) is 0 Å². The SMILES string of the molecule is O=[N+]([O-])c1ccc(Nc2ccccc2)c(C(F)(F)F)c1. The Hall–Kier alpha value is -2.57. The molecule has 0 spiro atoms. The van der Waals surface area contributed by atoms with Crippen molar-refractivity contribution in [3.8, 4) is 0 Å². The van der Waals surface area contributed by atoms with Gasteiger partial charge in [-0.05, 0) is 18.2 Å². The maximum Gasteiger partial charge on any atom is 0.418 e. The highest BCUT2D eigenvalue weighted by molar-refractivity contribution is 5.65. The van der Waals surface area contributed by atoms with Gasteiger partial charge in [0.15, 0.2) is 0 Å². The van der Waals surface area contributed by atoms with Crippen molar-refractivity contribution in [2.45, 2.75) is 6.18 Å². The Kier molecular flexibility index (Phi) is 3.60. The van der Waals surface area contributed by atoms with E-state index in [1.807, 2.05) is 0 Å². The van der Waals surface area contributed by atoms with Crippen LogP contribution in [0.25, 0.3) is 0 Å². The number of alkyl halides is 3. The first-order valence-corrected chi connectivity index (χ1v) is 5.55. The van der Waals surface area contributed by atoms with Crippen molar-refractivity contribution >= 4 is 17.1 Å². The molecule has 0 amide bonds. The summed E-state index contributed by atoms with van der Waals surface area (Å²) < 4.78 is 38.8. The van der Waals surface area contributed by atoms with Crippen LogP contribution in [-0.4, -0.2) is 4.92 Å². The highest BCUT2D eigenvalue weighted by Gasteiger charge is 2.35. The average Bonchev–Trinajstić information content (AvgIpc) is 2.39. The van der Waals surface area contributed by atoms with E-state index in [4.69, 9.17) is 0 Å². The number of anilines is 2. The number of nitrogens with one attached hydrogen (secondary N) is 1. The molecule has 0 aliphatic rings. The quantitative estimate of drug-likeness (QED) is 0.672. The number of non-ortho nitro benzene ring substituents is 1. The number of hydrogen-bond donors (Lipinski definition) is 1. The third-order valence-corrected chi connectivity index (χ3v) is 2.57. The Labute approximate surface area is 112 Å². The van der Waals surface area contributed by atoms with Crippen LogP contribution in [0.4, 0.5) is 30.2 Å². The molecule has 4 nitrogen and oxygen atoms in total. The minimum Gasteiger partial charge on any atom is -0.355 e. The van der Waals surface area contributed by atoms with Gasteiger partial charge in [0, 0.05) is 17.8 Å². The van der Waals surface area contributed by atoms with Gasteiger partial charge in [-0.2, -0.15) is 13.2 Å². The maximum atomic E-state index is 12.9. The zero-order chi connectivity index (χ0) is 14.8. The number of nitro groups is 1. The van der Waals surface area contributed by atoms with Crippen LogP contribution in [0, 0.1) is 10.1 Å². The molecule has 0 bridgehead atoms. The second kappa shape index (κ2) is 5.20. The van der Waals surface area contributed by atoms with E-state index >= 15 is 0 Å². The lowest BCUT2D eigenvalue weighted by molar-refractivity contribution is -0.385. The van der Waals surface area contributed by atoms with Gasteiger partial charge in [-0.15, -0.1) is 0 Å². The van der Waals surface area contributed by atoms with Crippen LogP contribution in [0.5, 0.6) is 0 Å². The third kappa shape index (κ3) is 3.05. The summed E-state index contributed by atoms with van der Waals surface area (Å²) in [6, 6.07) is 10.9. The van der Waals surface area contributed by atoms with Crippen molar-refractivity contribution in [3.05, 3.63) is 64.2 Å². The van der Waals surface area contributed by atoms with Crippen molar-refractivity contribution in [1.29, 1.82) is 0 Å². The fourth-order valence-electron chi connectivity index (χ4n) is 1.67. The molecule has 2 aromatic carbocycles. The average molecular weight is 282 g/mol. The number of nitro benzene ring substituents is 1. The van der Waals surface area contributed by atoms with Crippen LogP contribution in [0.2, 0.25) is 0 Å². The first kappa shape index (κ1) is 13.9. The molecule has 7 heteroatoms. The van der Waals surface area contributed by atoms with E-state index < -0.39 is 22.4 Å². The van der Waals surface area contributed by atoms with Crippen LogP contribution in [0.3, 0.4) is 0 Å². The number of halogens is 3. The molecule has 0 saturated carbocycles. The van der Waals surface area contributed by atoms with E-state index in [1.54, 1.807) is 30.3 Å². The van der Waals surface area contributed by atoms with E-state index in [9.17, 15) is 23.3 Å². The number of para-hydroxylation sites is 1. The van der Waals surface area contributed by atoms with E-state index in [-0.39, 0.29) is 5.69 Å². The van der Waals surface area contributed by atoms with E-state index in [1.165, 1.54) is 0 Å². The van der Waals surface area contributed by atoms with Crippen LogP contribution in [0.1, 0.15) is 5.56 Å². The van der Waals surface area contributed by atoms with Crippen molar-refractivity contribution in [1.82, 2.24) is 0 Å². The minimum atomic E-state index is -4.68. The van der Waals surface area contributed by atoms with Gasteiger partial charge in [0.25, 0.3) is 5.69 Å². The highest BCUT2D eigenvalue weighted by atomic mass is 19.4. The van der Waals surface area contributed by atoms with Crippen molar-refractivity contribution in [2.75, 3.05) is 5.32 Å². The molecule has 104 valence electrons. The second-order valence-corrected chi connectivity index (χ2v) is 3.98. The molecule has 1 N–H and O–H groups in total.